The molecule has 2 heteroatoms. The number of rotatable bonds is 0. The Morgan fingerprint density at radius 3 is 2.19 bits per heavy atom. The van der Waals surface area contributed by atoms with Crippen LogP contribution in [0.1, 0.15) is 11.1 Å². The van der Waals surface area contributed by atoms with Crippen molar-refractivity contribution < 1.29 is 9.47 Å². The second kappa shape index (κ2) is 3.94. The van der Waals surface area contributed by atoms with Crippen molar-refractivity contribution in [3.05, 3.63) is 71.8 Å². The van der Waals surface area contributed by atoms with Gasteiger partial charge in [-0.3, -0.25) is 0 Å². The van der Waals surface area contributed by atoms with E-state index in [9.17, 15) is 0 Å². The van der Waals surface area contributed by atoms with Gasteiger partial charge in [0.05, 0.1) is 13.2 Å². The third-order valence-corrected chi connectivity index (χ3v) is 4.53. The molecule has 0 atom stereocenters. The molecule has 1 spiro atoms. The van der Waals surface area contributed by atoms with Crippen molar-refractivity contribution in [2.45, 2.75) is 5.79 Å². The highest BCUT2D eigenvalue weighted by molar-refractivity contribution is 6.02. The molecule has 3 aromatic carbocycles. The lowest BCUT2D eigenvalue weighted by molar-refractivity contribution is -0.128. The minimum atomic E-state index is -0.732. The van der Waals surface area contributed by atoms with Crippen LogP contribution in [-0.2, 0) is 15.3 Å². The van der Waals surface area contributed by atoms with Crippen molar-refractivity contribution in [2.75, 3.05) is 13.2 Å². The number of benzene rings is 3. The topological polar surface area (TPSA) is 18.5 Å². The van der Waals surface area contributed by atoms with E-state index < -0.39 is 5.79 Å². The molecule has 5 rings (SSSR count). The number of fused-ring (bicyclic) bond motifs is 4. The first kappa shape index (κ1) is 11.5. The Morgan fingerprint density at radius 2 is 1.33 bits per heavy atom. The van der Waals surface area contributed by atoms with Crippen LogP contribution < -0.4 is 0 Å². The van der Waals surface area contributed by atoms with Gasteiger partial charge in [-0.05, 0) is 21.9 Å². The van der Waals surface area contributed by atoms with E-state index in [0.717, 1.165) is 11.1 Å². The largest absolute Gasteiger partial charge is 0.340 e. The summed E-state index contributed by atoms with van der Waals surface area (Å²) in [5.41, 5.74) is 4.73. The summed E-state index contributed by atoms with van der Waals surface area (Å²) in [4.78, 5) is 0. The van der Waals surface area contributed by atoms with E-state index >= 15 is 0 Å². The van der Waals surface area contributed by atoms with Crippen LogP contribution in [0.3, 0.4) is 0 Å². The fraction of sp³-hybridized carbons (Fsp3) is 0.158. The maximum atomic E-state index is 6.13. The van der Waals surface area contributed by atoms with Gasteiger partial charge in [0.1, 0.15) is 0 Å². The Bertz CT molecular complexity index is 855. The summed E-state index contributed by atoms with van der Waals surface area (Å²) >= 11 is 0. The van der Waals surface area contributed by atoms with Gasteiger partial charge in [-0.25, -0.2) is 0 Å². The lowest BCUT2D eigenvalue weighted by Gasteiger charge is -2.35. The highest BCUT2D eigenvalue weighted by atomic mass is 16.7. The monoisotopic (exact) mass is 274 g/mol. The second-order valence-corrected chi connectivity index (χ2v) is 5.57. The van der Waals surface area contributed by atoms with E-state index in [-0.39, 0.29) is 0 Å². The van der Waals surface area contributed by atoms with Gasteiger partial charge >= 0.3 is 0 Å². The molecule has 2 aliphatic rings. The van der Waals surface area contributed by atoms with Crippen LogP contribution in [0, 0.1) is 0 Å². The third kappa shape index (κ3) is 1.34. The second-order valence-electron chi connectivity index (χ2n) is 5.57. The fourth-order valence-electron chi connectivity index (χ4n) is 3.71. The van der Waals surface area contributed by atoms with Gasteiger partial charge in [-0.1, -0.05) is 60.7 Å². The Labute approximate surface area is 122 Å². The Hall–Kier alpha value is -2.16. The Balaban J connectivity index is 2.02. The third-order valence-electron chi connectivity index (χ3n) is 4.53. The van der Waals surface area contributed by atoms with Gasteiger partial charge in [-0.15, -0.1) is 0 Å². The predicted molar refractivity (Wildman–Crippen MR) is 82.1 cm³/mol. The zero-order chi connectivity index (χ0) is 13.9. The summed E-state index contributed by atoms with van der Waals surface area (Å²) in [6.07, 6.45) is 0. The minimum Gasteiger partial charge on any atom is -0.340 e. The van der Waals surface area contributed by atoms with E-state index in [2.05, 4.69) is 60.7 Å². The SMILES string of the molecule is c1ccc2c(c1)-c1cccc3cccc(c13)C21OCCO1. The molecule has 0 N–H and O–H groups in total. The van der Waals surface area contributed by atoms with Crippen molar-refractivity contribution in [1.29, 1.82) is 0 Å². The number of hydrogen-bond acceptors (Lipinski definition) is 2. The normalized spacial score (nSPS) is 18.1. The number of ether oxygens (including phenoxy) is 2. The molecule has 1 saturated heterocycles. The van der Waals surface area contributed by atoms with Crippen molar-refractivity contribution in [3.63, 3.8) is 0 Å². The van der Waals surface area contributed by atoms with Crippen LogP contribution in [-0.4, -0.2) is 13.2 Å². The maximum Gasteiger partial charge on any atom is 0.223 e. The standard InChI is InChI=1S/C19H14O2/c1-2-9-16-14(7-1)15-8-3-5-13-6-4-10-17(18(13)15)19(16)20-11-12-21-19/h1-10H,11-12H2. The molecule has 2 nitrogen and oxygen atoms in total. The van der Waals surface area contributed by atoms with E-state index in [0.29, 0.717) is 13.2 Å². The zero-order valence-corrected chi connectivity index (χ0v) is 11.5. The van der Waals surface area contributed by atoms with Crippen LogP contribution in [0.4, 0.5) is 0 Å². The highest BCUT2D eigenvalue weighted by Gasteiger charge is 2.46. The fourth-order valence-corrected chi connectivity index (χ4v) is 3.71. The summed E-state index contributed by atoms with van der Waals surface area (Å²) in [5, 5.41) is 2.48. The molecule has 1 fully saturated rings. The molecule has 0 unspecified atom stereocenters. The molecule has 1 aliphatic heterocycles. The smallest absolute Gasteiger partial charge is 0.223 e. The van der Waals surface area contributed by atoms with Crippen molar-refractivity contribution in [2.24, 2.45) is 0 Å². The van der Waals surface area contributed by atoms with Crippen molar-refractivity contribution in [3.8, 4) is 11.1 Å². The molecule has 0 aromatic heterocycles. The molecule has 0 radical (unpaired) electrons. The van der Waals surface area contributed by atoms with Gasteiger partial charge in [0.2, 0.25) is 5.79 Å². The van der Waals surface area contributed by atoms with Crippen molar-refractivity contribution >= 4 is 10.8 Å². The van der Waals surface area contributed by atoms with Crippen LogP contribution >= 0.6 is 0 Å². The predicted octanol–water partition coefficient (Wildman–Crippen LogP) is 4.07. The highest BCUT2D eigenvalue weighted by Crippen LogP contribution is 2.51. The van der Waals surface area contributed by atoms with Gasteiger partial charge in [0.25, 0.3) is 0 Å². The molecular weight excluding hydrogens is 260 g/mol. The molecule has 0 bridgehead atoms. The van der Waals surface area contributed by atoms with Gasteiger partial charge in [0.15, 0.2) is 0 Å². The summed E-state index contributed by atoms with van der Waals surface area (Å²) in [5.74, 6) is -0.732. The molecule has 21 heavy (non-hydrogen) atoms. The van der Waals surface area contributed by atoms with Gasteiger partial charge in [-0.2, -0.15) is 0 Å². The van der Waals surface area contributed by atoms with Gasteiger partial charge in [0, 0.05) is 11.1 Å². The average molecular weight is 274 g/mol. The Morgan fingerprint density at radius 1 is 0.667 bits per heavy atom. The first-order chi connectivity index (χ1) is 10.4. The number of hydrogen-bond donors (Lipinski definition) is 0. The lowest BCUT2D eigenvalue weighted by atomic mass is 9.80. The van der Waals surface area contributed by atoms with Gasteiger partial charge < -0.3 is 9.47 Å². The average Bonchev–Trinajstić information content (AvgIpc) is 3.03. The van der Waals surface area contributed by atoms with Crippen LogP contribution in [0.15, 0.2) is 60.7 Å². The van der Waals surface area contributed by atoms with E-state index in [1.165, 1.54) is 21.9 Å². The zero-order valence-electron chi connectivity index (χ0n) is 11.5. The van der Waals surface area contributed by atoms with E-state index in [1.807, 2.05) is 0 Å². The molecule has 0 amide bonds. The lowest BCUT2D eigenvalue weighted by Crippen LogP contribution is -2.31. The molecule has 1 aliphatic carbocycles. The summed E-state index contributed by atoms with van der Waals surface area (Å²) in [7, 11) is 0. The van der Waals surface area contributed by atoms with Crippen molar-refractivity contribution in [1.82, 2.24) is 0 Å². The van der Waals surface area contributed by atoms with E-state index in [4.69, 9.17) is 9.47 Å². The van der Waals surface area contributed by atoms with Crippen LogP contribution in [0.2, 0.25) is 0 Å². The first-order valence-corrected chi connectivity index (χ1v) is 7.30. The summed E-state index contributed by atoms with van der Waals surface area (Å²) < 4.78 is 12.3. The summed E-state index contributed by atoms with van der Waals surface area (Å²) in [6.45, 7) is 1.26. The maximum absolute atomic E-state index is 6.13. The van der Waals surface area contributed by atoms with Crippen LogP contribution in [0.5, 0.6) is 0 Å². The molecule has 3 aromatic rings. The van der Waals surface area contributed by atoms with Crippen LogP contribution in [0.25, 0.3) is 21.9 Å². The first-order valence-electron chi connectivity index (χ1n) is 7.30. The quantitative estimate of drug-likeness (QED) is 0.615. The van der Waals surface area contributed by atoms with E-state index in [1.54, 1.807) is 0 Å². The Kier molecular flexibility index (Phi) is 2.16. The molecular formula is C19H14O2. The molecule has 102 valence electrons. The minimum absolute atomic E-state index is 0.632. The molecule has 1 heterocycles. The summed E-state index contributed by atoms with van der Waals surface area (Å²) in [6, 6.07) is 21.2. The molecule has 0 saturated carbocycles.